The molecule has 0 aliphatic heterocycles. The molecule has 0 saturated carbocycles. The number of benzene rings is 1. The van der Waals surface area contributed by atoms with Crippen LogP contribution in [-0.2, 0) is 0 Å². The van der Waals surface area contributed by atoms with E-state index in [1.165, 1.54) is 12.1 Å². The highest BCUT2D eigenvalue weighted by Gasteiger charge is 2.10. The number of hydrogen-bond donors (Lipinski definition) is 2. The van der Waals surface area contributed by atoms with Crippen molar-refractivity contribution in [1.29, 1.82) is 0 Å². The Kier molecular flexibility index (Phi) is 4.07. The molecule has 2 rings (SSSR count). The lowest BCUT2D eigenvalue weighted by atomic mass is 10.1. The topological polar surface area (TPSA) is 58.0 Å². The fourth-order valence-electron chi connectivity index (χ4n) is 1.42. The van der Waals surface area contributed by atoms with E-state index < -0.39 is 11.9 Å². The number of aromatic nitrogens is 2. The molecule has 94 valence electrons. The molecular weight excluding hydrogens is 257 g/mol. The first kappa shape index (κ1) is 12.7. The molecule has 1 atom stereocenters. The van der Waals surface area contributed by atoms with Crippen LogP contribution in [0.2, 0.25) is 5.02 Å². The van der Waals surface area contributed by atoms with Crippen molar-refractivity contribution < 1.29 is 9.50 Å². The van der Waals surface area contributed by atoms with E-state index in [0.717, 1.165) is 0 Å². The fourth-order valence-corrected chi connectivity index (χ4v) is 1.53. The van der Waals surface area contributed by atoms with Gasteiger partial charge in [0.25, 0.3) is 0 Å². The standard InChI is InChI=1S/C12H11ClFN3O/c13-9-3-2-8(6-10(9)14)11(18)7-17-12-15-4-1-5-16-12/h1-6,11,18H,7H2,(H,15,16,17). The molecule has 1 aromatic heterocycles. The SMILES string of the molecule is OC(CNc1ncccn1)c1ccc(Cl)c(F)c1. The predicted molar refractivity (Wildman–Crippen MR) is 66.9 cm³/mol. The van der Waals surface area contributed by atoms with Gasteiger partial charge in [-0.15, -0.1) is 0 Å². The predicted octanol–water partition coefficient (Wildman–Crippen LogP) is 2.41. The van der Waals surface area contributed by atoms with Gasteiger partial charge in [-0.3, -0.25) is 0 Å². The Balaban J connectivity index is 1.99. The van der Waals surface area contributed by atoms with Gasteiger partial charge in [0.15, 0.2) is 0 Å². The molecule has 2 N–H and O–H groups in total. The highest BCUT2D eigenvalue weighted by atomic mass is 35.5. The van der Waals surface area contributed by atoms with E-state index in [1.54, 1.807) is 24.5 Å². The van der Waals surface area contributed by atoms with Crippen LogP contribution in [0.3, 0.4) is 0 Å². The molecule has 0 spiro atoms. The number of nitrogens with zero attached hydrogens (tertiary/aromatic N) is 2. The van der Waals surface area contributed by atoms with Gasteiger partial charge in [-0.1, -0.05) is 17.7 Å². The van der Waals surface area contributed by atoms with Crippen molar-refractivity contribution in [3.8, 4) is 0 Å². The minimum absolute atomic E-state index is 0.0327. The number of anilines is 1. The first-order chi connectivity index (χ1) is 8.66. The summed E-state index contributed by atoms with van der Waals surface area (Å²) in [5, 5.41) is 12.8. The molecule has 0 saturated heterocycles. The summed E-state index contributed by atoms with van der Waals surface area (Å²) in [5.74, 6) is -0.143. The van der Waals surface area contributed by atoms with Crippen LogP contribution >= 0.6 is 11.6 Å². The third-order valence-corrected chi connectivity index (χ3v) is 2.65. The van der Waals surface area contributed by atoms with Gasteiger partial charge >= 0.3 is 0 Å². The summed E-state index contributed by atoms with van der Waals surface area (Å²) in [6.07, 6.45) is 2.31. The molecule has 0 aliphatic carbocycles. The molecule has 1 aromatic carbocycles. The Bertz CT molecular complexity index is 524. The fraction of sp³-hybridized carbons (Fsp3) is 0.167. The maximum Gasteiger partial charge on any atom is 0.222 e. The summed E-state index contributed by atoms with van der Waals surface area (Å²) in [6, 6.07) is 5.88. The van der Waals surface area contributed by atoms with E-state index in [-0.39, 0.29) is 11.6 Å². The molecule has 1 heterocycles. The monoisotopic (exact) mass is 267 g/mol. The van der Waals surface area contributed by atoms with Gasteiger partial charge in [0.05, 0.1) is 11.1 Å². The summed E-state index contributed by atoms with van der Waals surface area (Å²) in [7, 11) is 0. The highest BCUT2D eigenvalue weighted by Crippen LogP contribution is 2.20. The molecular formula is C12H11ClFN3O. The van der Waals surface area contributed by atoms with Crippen LogP contribution in [0.15, 0.2) is 36.7 Å². The number of hydrogen-bond acceptors (Lipinski definition) is 4. The highest BCUT2D eigenvalue weighted by molar-refractivity contribution is 6.30. The van der Waals surface area contributed by atoms with E-state index in [1.807, 2.05) is 0 Å². The Morgan fingerprint density at radius 1 is 1.33 bits per heavy atom. The lowest BCUT2D eigenvalue weighted by Gasteiger charge is -2.12. The Morgan fingerprint density at radius 3 is 2.72 bits per heavy atom. The summed E-state index contributed by atoms with van der Waals surface area (Å²) >= 11 is 5.57. The maximum atomic E-state index is 13.2. The normalized spacial score (nSPS) is 12.2. The third-order valence-electron chi connectivity index (χ3n) is 2.35. The number of rotatable bonds is 4. The number of nitrogens with one attached hydrogen (secondary N) is 1. The second-order valence-corrected chi connectivity index (χ2v) is 4.05. The van der Waals surface area contributed by atoms with E-state index in [4.69, 9.17) is 11.6 Å². The van der Waals surface area contributed by atoms with Crippen molar-refractivity contribution in [1.82, 2.24) is 9.97 Å². The van der Waals surface area contributed by atoms with Gasteiger partial charge in [-0.05, 0) is 23.8 Å². The number of halogens is 2. The van der Waals surface area contributed by atoms with Gasteiger partial charge in [-0.2, -0.15) is 0 Å². The molecule has 6 heteroatoms. The zero-order valence-electron chi connectivity index (χ0n) is 9.35. The quantitative estimate of drug-likeness (QED) is 0.893. The molecule has 0 radical (unpaired) electrons. The van der Waals surface area contributed by atoms with Crippen molar-refractivity contribution in [3.63, 3.8) is 0 Å². The van der Waals surface area contributed by atoms with Gasteiger partial charge in [-0.25, -0.2) is 14.4 Å². The van der Waals surface area contributed by atoms with E-state index in [0.29, 0.717) is 11.5 Å². The van der Waals surface area contributed by atoms with Crippen molar-refractivity contribution >= 4 is 17.5 Å². The van der Waals surface area contributed by atoms with Crippen molar-refractivity contribution in [3.05, 3.63) is 53.1 Å². The Morgan fingerprint density at radius 2 is 2.06 bits per heavy atom. The first-order valence-electron chi connectivity index (χ1n) is 5.30. The smallest absolute Gasteiger partial charge is 0.222 e. The molecule has 0 aliphatic rings. The van der Waals surface area contributed by atoms with Crippen molar-refractivity contribution in [2.75, 3.05) is 11.9 Å². The van der Waals surface area contributed by atoms with E-state index in [9.17, 15) is 9.50 Å². The summed E-state index contributed by atoms with van der Waals surface area (Å²) in [6.45, 7) is 0.186. The Labute approximate surface area is 108 Å². The Hall–Kier alpha value is -1.72. The van der Waals surface area contributed by atoms with Crippen LogP contribution in [0.5, 0.6) is 0 Å². The van der Waals surface area contributed by atoms with E-state index in [2.05, 4.69) is 15.3 Å². The van der Waals surface area contributed by atoms with Crippen molar-refractivity contribution in [2.45, 2.75) is 6.10 Å². The van der Waals surface area contributed by atoms with Gasteiger partial charge in [0.2, 0.25) is 5.95 Å². The minimum atomic E-state index is -0.861. The molecule has 2 aromatic rings. The van der Waals surface area contributed by atoms with Crippen LogP contribution in [0.1, 0.15) is 11.7 Å². The lowest BCUT2D eigenvalue weighted by Crippen LogP contribution is -2.13. The van der Waals surface area contributed by atoms with Crippen molar-refractivity contribution in [2.24, 2.45) is 0 Å². The molecule has 0 amide bonds. The average Bonchev–Trinajstić information content (AvgIpc) is 2.40. The third kappa shape index (κ3) is 3.15. The zero-order valence-corrected chi connectivity index (χ0v) is 10.1. The first-order valence-corrected chi connectivity index (χ1v) is 5.68. The minimum Gasteiger partial charge on any atom is -0.387 e. The molecule has 4 nitrogen and oxygen atoms in total. The second kappa shape index (κ2) is 5.75. The molecule has 0 bridgehead atoms. The van der Waals surface area contributed by atoms with Gasteiger partial charge < -0.3 is 10.4 Å². The molecule has 18 heavy (non-hydrogen) atoms. The van der Waals surface area contributed by atoms with Crippen LogP contribution in [0.4, 0.5) is 10.3 Å². The van der Waals surface area contributed by atoms with Gasteiger partial charge in [0, 0.05) is 18.9 Å². The number of aliphatic hydroxyl groups excluding tert-OH is 1. The average molecular weight is 268 g/mol. The number of aliphatic hydroxyl groups is 1. The summed E-state index contributed by atoms with van der Waals surface area (Å²) in [5.41, 5.74) is 0.445. The largest absolute Gasteiger partial charge is 0.387 e. The summed E-state index contributed by atoms with van der Waals surface area (Å²) in [4.78, 5) is 7.90. The summed E-state index contributed by atoms with van der Waals surface area (Å²) < 4.78 is 13.2. The van der Waals surface area contributed by atoms with Crippen LogP contribution in [0.25, 0.3) is 0 Å². The van der Waals surface area contributed by atoms with Crippen LogP contribution < -0.4 is 5.32 Å². The molecule has 1 unspecified atom stereocenters. The lowest BCUT2D eigenvalue weighted by molar-refractivity contribution is 0.191. The second-order valence-electron chi connectivity index (χ2n) is 3.64. The van der Waals surface area contributed by atoms with E-state index >= 15 is 0 Å². The molecule has 0 fully saturated rings. The van der Waals surface area contributed by atoms with Crippen LogP contribution in [-0.4, -0.2) is 21.6 Å². The maximum absolute atomic E-state index is 13.2. The van der Waals surface area contributed by atoms with Crippen LogP contribution in [0, 0.1) is 5.82 Å². The van der Waals surface area contributed by atoms with Gasteiger partial charge in [0.1, 0.15) is 5.82 Å². The zero-order chi connectivity index (χ0) is 13.0.